The zero-order valence-corrected chi connectivity index (χ0v) is 14.7. The molecule has 3 nitrogen and oxygen atoms in total. The van der Waals surface area contributed by atoms with E-state index in [1.165, 1.54) is 0 Å². The van der Waals surface area contributed by atoms with E-state index < -0.39 is 0 Å². The van der Waals surface area contributed by atoms with Crippen LogP contribution in [0.4, 0.5) is 0 Å². The summed E-state index contributed by atoms with van der Waals surface area (Å²) in [6.07, 6.45) is 1.22. The highest BCUT2D eigenvalue weighted by Gasteiger charge is 2.15. The van der Waals surface area contributed by atoms with Gasteiger partial charge in [-0.25, -0.2) is 0 Å². The first kappa shape index (κ1) is 19.5. The number of benzene rings is 2. The van der Waals surface area contributed by atoms with Crippen molar-refractivity contribution in [3.05, 3.63) is 70.7 Å². The molecule has 1 unspecified atom stereocenters. The molecule has 0 saturated carbocycles. The van der Waals surface area contributed by atoms with Gasteiger partial charge in [-0.1, -0.05) is 54.1 Å². The van der Waals surface area contributed by atoms with Crippen molar-refractivity contribution in [2.45, 2.75) is 18.9 Å². The Morgan fingerprint density at radius 3 is 2.35 bits per heavy atom. The van der Waals surface area contributed by atoms with E-state index in [0.717, 1.165) is 22.6 Å². The van der Waals surface area contributed by atoms with E-state index in [-0.39, 0.29) is 24.4 Å². The zero-order chi connectivity index (χ0) is 15.8. The van der Waals surface area contributed by atoms with Crippen LogP contribution in [-0.2, 0) is 11.2 Å². The molecular formula is C18H22Cl2N2O. The van der Waals surface area contributed by atoms with Crippen molar-refractivity contribution in [3.63, 3.8) is 0 Å². The largest absolute Gasteiger partial charge is 0.349 e. The maximum absolute atomic E-state index is 12.1. The van der Waals surface area contributed by atoms with Crippen molar-refractivity contribution in [1.29, 1.82) is 0 Å². The Kier molecular flexibility index (Phi) is 8.70. The van der Waals surface area contributed by atoms with E-state index >= 15 is 0 Å². The van der Waals surface area contributed by atoms with Gasteiger partial charge in [-0.15, -0.1) is 12.4 Å². The van der Waals surface area contributed by atoms with E-state index in [9.17, 15) is 4.79 Å². The molecule has 2 aromatic carbocycles. The number of hydrogen-bond acceptors (Lipinski definition) is 2. The lowest BCUT2D eigenvalue weighted by Crippen LogP contribution is -2.31. The molecule has 0 aromatic heterocycles. The third-order valence-electron chi connectivity index (χ3n) is 3.49. The van der Waals surface area contributed by atoms with Crippen LogP contribution in [0.2, 0.25) is 5.02 Å². The maximum atomic E-state index is 12.1. The Hall–Kier alpha value is -1.55. The summed E-state index contributed by atoms with van der Waals surface area (Å²) in [5.74, 6) is 0.0529. The number of hydrogen-bond donors (Lipinski definition) is 2. The standard InChI is InChI=1S/C18H21ClN2O.ClH/c1-20-12-11-18(22)21-17(15-5-3-2-4-6-15)13-14-7-9-16(19)10-8-14;/h2-10,17,20H,11-13H2,1H3,(H,21,22);1H. The second kappa shape index (κ2) is 10.3. The summed E-state index contributed by atoms with van der Waals surface area (Å²) in [5, 5.41) is 6.83. The van der Waals surface area contributed by atoms with E-state index in [1.54, 1.807) is 0 Å². The Bertz CT molecular complexity index is 588. The van der Waals surface area contributed by atoms with Crippen molar-refractivity contribution in [2.24, 2.45) is 0 Å². The lowest BCUT2D eigenvalue weighted by molar-refractivity contribution is -0.121. The monoisotopic (exact) mass is 352 g/mol. The fourth-order valence-electron chi connectivity index (χ4n) is 2.30. The van der Waals surface area contributed by atoms with E-state index in [1.807, 2.05) is 61.6 Å². The molecule has 2 N–H and O–H groups in total. The normalized spacial score (nSPS) is 11.4. The minimum atomic E-state index is -0.0354. The molecule has 0 bridgehead atoms. The molecule has 1 atom stereocenters. The summed E-state index contributed by atoms with van der Waals surface area (Å²) in [7, 11) is 1.84. The maximum Gasteiger partial charge on any atom is 0.221 e. The van der Waals surface area contributed by atoms with Crippen molar-refractivity contribution in [2.75, 3.05) is 13.6 Å². The molecule has 0 spiro atoms. The fraction of sp³-hybridized carbons (Fsp3) is 0.278. The van der Waals surface area contributed by atoms with Crippen molar-refractivity contribution >= 4 is 29.9 Å². The molecule has 124 valence electrons. The Morgan fingerprint density at radius 1 is 1.09 bits per heavy atom. The highest BCUT2D eigenvalue weighted by Crippen LogP contribution is 2.20. The number of amides is 1. The molecule has 0 radical (unpaired) electrons. The molecular weight excluding hydrogens is 331 g/mol. The van der Waals surface area contributed by atoms with Crippen LogP contribution in [-0.4, -0.2) is 19.5 Å². The molecule has 0 aliphatic rings. The molecule has 23 heavy (non-hydrogen) atoms. The molecule has 0 fully saturated rings. The van der Waals surface area contributed by atoms with Crippen LogP contribution < -0.4 is 10.6 Å². The number of nitrogens with one attached hydrogen (secondary N) is 2. The summed E-state index contributed by atoms with van der Waals surface area (Å²) >= 11 is 5.93. The average Bonchev–Trinajstić information content (AvgIpc) is 2.55. The molecule has 2 rings (SSSR count). The number of halogens is 2. The van der Waals surface area contributed by atoms with Gasteiger partial charge in [-0.05, 0) is 36.7 Å². The van der Waals surface area contributed by atoms with Crippen LogP contribution >= 0.6 is 24.0 Å². The van der Waals surface area contributed by atoms with Gasteiger partial charge in [0.05, 0.1) is 6.04 Å². The molecule has 0 heterocycles. The molecule has 5 heteroatoms. The van der Waals surface area contributed by atoms with Gasteiger partial charge in [0, 0.05) is 18.0 Å². The average molecular weight is 353 g/mol. The second-order valence-corrected chi connectivity index (χ2v) is 5.65. The number of rotatable bonds is 7. The van der Waals surface area contributed by atoms with Crippen LogP contribution in [0.15, 0.2) is 54.6 Å². The fourth-order valence-corrected chi connectivity index (χ4v) is 2.42. The highest BCUT2D eigenvalue weighted by molar-refractivity contribution is 6.30. The lowest BCUT2D eigenvalue weighted by Gasteiger charge is -2.19. The molecule has 0 saturated heterocycles. The van der Waals surface area contributed by atoms with Gasteiger partial charge in [0.15, 0.2) is 0 Å². The quantitative estimate of drug-likeness (QED) is 0.796. The van der Waals surface area contributed by atoms with E-state index in [0.29, 0.717) is 13.0 Å². The first-order valence-corrected chi connectivity index (χ1v) is 7.80. The van der Waals surface area contributed by atoms with Gasteiger partial charge in [0.2, 0.25) is 5.91 Å². The summed E-state index contributed by atoms with van der Waals surface area (Å²) in [4.78, 5) is 12.1. The van der Waals surface area contributed by atoms with Crippen molar-refractivity contribution < 1.29 is 4.79 Å². The topological polar surface area (TPSA) is 41.1 Å². The minimum absolute atomic E-state index is 0. The molecule has 1 amide bonds. The van der Waals surface area contributed by atoms with Crippen LogP contribution in [0.1, 0.15) is 23.6 Å². The highest BCUT2D eigenvalue weighted by atomic mass is 35.5. The number of carbonyl (C=O) groups excluding carboxylic acids is 1. The van der Waals surface area contributed by atoms with Gasteiger partial charge >= 0.3 is 0 Å². The summed E-state index contributed by atoms with van der Waals surface area (Å²) < 4.78 is 0. The number of carbonyl (C=O) groups is 1. The molecule has 0 aliphatic heterocycles. The van der Waals surface area contributed by atoms with Gasteiger partial charge in [0.1, 0.15) is 0 Å². The van der Waals surface area contributed by atoms with Crippen molar-refractivity contribution in [1.82, 2.24) is 10.6 Å². The predicted molar refractivity (Wildman–Crippen MR) is 98.3 cm³/mol. The minimum Gasteiger partial charge on any atom is -0.349 e. The molecule has 2 aromatic rings. The van der Waals surface area contributed by atoms with Gasteiger partial charge < -0.3 is 10.6 Å². The van der Waals surface area contributed by atoms with E-state index in [4.69, 9.17) is 11.6 Å². The van der Waals surface area contributed by atoms with Crippen LogP contribution in [0.5, 0.6) is 0 Å². The summed E-state index contributed by atoms with van der Waals surface area (Å²) in [6, 6.07) is 17.8. The Balaban J connectivity index is 0.00000264. The summed E-state index contributed by atoms with van der Waals surface area (Å²) in [6.45, 7) is 0.675. The lowest BCUT2D eigenvalue weighted by atomic mass is 9.98. The first-order chi connectivity index (χ1) is 10.7. The van der Waals surface area contributed by atoms with Crippen LogP contribution in [0, 0.1) is 0 Å². The SMILES string of the molecule is CNCCC(=O)NC(Cc1ccc(Cl)cc1)c1ccccc1.Cl. The Morgan fingerprint density at radius 2 is 1.74 bits per heavy atom. The van der Waals surface area contributed by atoms with Gasteiger partial charge in [0.25, 0.3) is 0 Å². The van der Waals surface area contributed by atoms with Crippen LogP contribution in [0.3, 0.4) is 0 Å². The second-order valence-electron chi connectivity index (χ2n) is 5.21. The Labute approximate surface area is 148 Å². The van der Waals surface area contributed by atoms with Gasteiger partial charge in [-0.3, -0.25) is 4.79 Å². The predicted octanol–water partition coefficient (Wildman–Crippen LogP) is 3.77. The smallest absolute Gasteiger partial charge is 0.221 e. The first-order valence-electron chi connectivity index (χ1n) is 7.42. The van der Waals surface area contributed by atoms with Crippen molar-refractivity contribution in [3.8, 4) is 0 Å². The third-order valence-corrected chi connectivity index (χ3v) is 3.74. The zero-order valence-electron chi connectivity index (χ0n) is 13.1. The van der Waals surface area contributed by atoms with Gasteiger partial charge in [-0.2, -0.15) is 0 Å². The van der Waals surface area contributed by atoms with E-state index in [2.05, 4.69) is 10.6 Å². The summed E-state index contributed by atoms with van der Waals surface area (Å²) in [5.41, 5.74) is 2.25. The van der Waals surface area contributed by atoms with Crippen LogP contribution in [0.25, 0.3) is 0 Å². The third kappa shape index (κ3) is 6.61. The molecule has 0 aliphatic carbocycles.